The Balaban J connectivity index is 2.93. The third-order valence-electron chi connectivity index (χ3n) is 1.53. The van der Waals surface area contributed by atoms with Crippen LogP contribution in [0.25, 0.3) is 11.0 Å². The lowest BCUT2D eigenvalue weighted by molar-refractivity contribution is 0.943. The maximum atomic E-state index is 4.09. The molecule has 3 heteroatoms. The molecule has 2 aromatic rings. The highest BCUT2D eigenvalue weighted by molar-refractivity contribution is 5.74. The second-order valence-electron chi connectivity index (χ2n) is 2.23. The number of fused-ring (bicyclic) bond motifs is 1. The average molecular weight is 133 g/mol. The number of aromatic nitrogens is 3. The highest BCUT2D eigenvalue weighted by Gasteiger charge is 1.94. The molecule has 0 aliphatic heterocycles. The van der Waals surface area contributed by atoms with Crippen LogP contribution >= 0.6 is 0 Å². The standard InChI is InChI=1S/C7H7N3/c1-10-3-2-6-4-8-5-9-7(6)10/h2-5H,1H3. The van der Waals surface area contributed by atoms with Crippen molar-refractivity contribution in [1.29, 1.82) is 0 Å². The van der Waals surface area contributed by atoms with Crippen molar-refractivity contribution in [2.24, 2.45) is 7.05 Å². The monoisotopic (exact) mass is 133 g/mol. The van der Waals surface area contributed by atoms with Crippen molar-refractivity contribution in [3.63, 3.8) is 0 Å². The van der Waals surface area contributed by atoms with Gasteiger partial charge in [-0.2, -0.15) is 0 Å². The summed E-state index contributed by atoms with van der Waals surface area (Å²) in [7, 11) is 1.97. The van der Waals surface area contributed by atoms with Crippen LogP contribution in [0.3, 0.4) is 0 Å². The Morgan fingerprint density at radius 1 is 1.50 bits per heavy atom. The van der Waals surface area contributed by atoms with Crippen LogP contribution in [0, 0.1) is 0 Å². The van der Waals surface area contributed by atoms with Gasteiger partial charge in [0.2, 0.25) is 0 Å². The van der Waals surface area contributed by atoms with E-state index in [-0.39, 0.29) is 0 Å². The lowest BCUT2D eigenvalue weighted by Gasteiger charge is -1.90. The molecule has 0 saturated carbocycles. The summed E-state index contributed by atoms with van der Waals surface area (Å²) in [5.74, 6) is 0. The molecule has 0 aliphatic rings. The molecule has 0 amide bonds. The third kappa shape index (κ3) is 0.603. The Labute approximate surface area is 58.3 Å². The van der Waals surface area contributed by atoms with Crippen molar-refractivity contribution in [3.05, 3.63) is 24.8 Å². The van der Waals surface area contributed by atoms with Crippen LogP contribution in [-0.2, 0) is 7.05 Å². The summed E-state index contributed by atoms with van der Waals surface area (Å²) < 4.78 is 1.97. The van der Waals surface area contributed by atoms with E-state index in [0.29, 0.717) is 0 Å². The van der Waals surface area contributed by atoms with Gasteiger partial charge in [-0.15, -0.1) is 0 Å². The molecule has 2 rings (SSSR count). The van der Waals surface area contributed by atoms with Crippen molar-refractivity contribution in [2.75, 3.05) is 0 Å². The predicted molar refractivity (Wildman–Crippen MR) is 38.5 cm³/mol. The maximum absolute atomic E-state index is 4.09. The number of nitrogens with zero attached hydrogens (tertiary/aromatic N) is 3. The summed E-state index contributed by atoms with van der Waals surface area (Å²) in [6, 6.07) is 2.00. The molecule has 0 aromatic carbocycles. The van der Waals surface area contributed by atoms with Gasteiger partial charge < -0.3 is 4.57 Å². The van der Waals surface area contributed by atoms with E-state index in [1.807, 2.05) is 30.1 Å². The molecular weight excluding hydrogens is 126 g/mol. The number of rotatable bonds is 0. The normalized spacial score (nSPS) is 10.5. The van der Waals surface area contributed by atoms with Crippen molar-refractivity contribution < 1.29 is 0 Å². The lowest BCUT2D eigenvalue weighted by Crippen LogP contribution is -1.86. The first kappa shape index (κ1) is 5.41. The largest absolute Gasteiger partial charge is 0.335 e. The molecule has 2 aromatic heterocycles. The second-order valence-corrected chi connectivity index (χ2v) is 2.23. The summed E-state index contributed by atoms with van der Waals surface area (Å²) in [6.07, 6.45) is 5.34. The minimum absolute atomic E-state index is 0.981. The van der Waals surface area contributed by atoms with Crippen LogP contribution in [0.4, 0.5) is 0 Å². The average Bonchev–Trinajstić information content (AvgIpc) is 2.34. The van der Waals surface area contributed by atoms with E-state index in [1.165, 1.54) is 0 Å². The lowest BCUT2D eigenvalue weighted by atomic mass is 10.4. The molecular formula is C7H7N3. The van der Waals surface area contributed by atoms with E-state index < -0.39 is 0 Å². The summed E-state index contributed by atoms with van der Waals surface area (Å²) in [5, 5.41) is 1.09. The van der Waals surface area contributed by atoms with Crippen LogP contribution in [-0.4, -0.2) is 14.5 Å². The molecule has 0 atom stereocenters. The Bertz CT molecular complexity index is 350. The molecule has 0 unspecified atom stereocenters. The van der Waals surface area contributed by atoms with Gasteiger partial charge in [0.15, 0.2) is 0 Å². The van der Waals surface area contributed by atoms with Crippen LogP contribution < -0.4 is 0 Å². The molecule has 3 nitrogen and oxygen atoms in total. The Morgan fingerprint density at radius 3 is 3.20 bits per heavy atom. The third-order valence-corrected chi connectivity index (χ3v) is 1.53. The van der Waals surface area contributed by atoms with Gasteiger partial charge >= 0.3 is 0 Å². The molecule has 0 N–H and O–H groups in total. The predicted octanol–water partition coefficient (Wildman–Crippen LogP) is 0.968. The Kier molecular flexibility index (Phi) is 0.974. The van der Waals surface area contributed by atoms with E-state index in [0.717, 1.165) is 11.0 Å². The molecule has 0 bridgehead atoms. The van der Waals surface area contributed by atoms with Crippen LogP contribution in [0.1, 0.15) is 0 Å². The van der Waals surface area contributed by atoms with Crippen molar-refractivity contribution in [1.82, 2.24) is 14.5 Å². The van der Waals surface area contributed by atoms with Crippen molar-refractivity contribution >= 4 is 11.0 Å². The zero-order valence-corrected chi connectivity index (χ0v) is 5.65. The minimum Gasteiger partial charge on any atom is -0.335 e. The fraction of sp³-hybridized carbons (Fsp3) is 0.143. The fourth-order valence-corrected chi connectivity index (χ4v) is 1.01. The van der Waals surface area contributed by atoms with E-state index >= 15 is 0 Å². The first-order valence-corrected chi connectivity index (χ1v) is 3.09. The van der Waals surface area contributed by atoms with Crippen LogP contribution in [0.15, 0.2) is 24.8 Å². The van der Waals surface area contributed by atoms with Gasteiger partial charge in [-0.1, -0.05) is 0 Å². The maximum Gasteiger partial charge on any atom is 0.143 e. The Morgan fingerprint density at radius 2 is 2.40 bits per heavy atom. The van der Waals surface area contributed by atoms with Gasteiger partial charge in [0.1, 0.15) is 12.0 Å². The summed E-state index contributed by atoms with van der Waals surface area (Å²) in [4.78, 5) is 7.99. The highest BCUT2D eigenvalue weighted by Crippen LogP contribution is 2.07. The smallest absolute Gasteiger partial charge is 0.143 e. The fourth-order valence-electron chi connectivity index (χ4n) is 1.01. The molecule has 0 aliphatic carbocycles. The van der Waals surface area contributed by atoms with E-state index in [2.05, 4.69) is 9.97 Å². The molecule has 50 valence electrons. The van der Waals surface area contributed by atoms with E-state index in [1.54, 1.807) is 6.33 Å². The molecule has 10 heavy (non-hydrogen) atoms. The Hall–Kier alpha value is -1.38. The zero-order valence-electron chi connectivity index (χ0n) is 5.65. The SMILES string of the molecule is Cn1ccc2cncnc21. The molecule has 0 fully saturated rings. The van der Waals surface area contributed by atoms with E-state index in [9.17, 15) is 0 Å². The summed E-state index contributed by atoms with van der Waals surface area (Å²) in [5.41, 5.74) is 0.981. The summed E-state index contributed by atoms with van der Waals surface area (Å²) in [6.45, 7) is 0. The first-order chi connectivity index (χ1) is 4.88. The van der Waals surface area contributed by atoms with Crippen molar-refractivity contribution in [3.8, 4) is 0 Å². The molecule has 0 spiro atoms. The van der Waals surface area contributed by atoms with E-state index in [4.69, 9.17) is 0 Å². The van der Waals surface area contributed by atoms with Crippen molar-refractivity contribution in [2.45, 2.75) is 0 Å². The number of hydrogen-bond acceptors (Lipinski definition) is 2. The number of aryl methyl sites for hydroxylation is 1. The van der Waals surface area contributed by atoms with Gasteiger partial charge in [0.25, 0.3) is 0 Å². The zero-order chi connectivity index (χ0) is 6.97. The minimum atomic E-state index is 0.981. The second kappa shape index (κ2) is 1.80. The molecule has 0 saturated heterocycles. The van der Waals surface area contributed by atoms with Gasteiger partial charge in [-0.05, 0) is 6.07 Å². The quantitative estimate of drug-likeness (QED) is 0.536. The van der Waals surface area contributed by atoms with Gasteiger partial charge in [0, 0.05) is 24.8 Å². The van der Waals surface area contributed by atoms with Crippen LogP contribution in [0.5, 0.6) is 0 Å². The topological polar surface area (TPSA) is 30.7 Å². The van der Waals surface area contributed by atoms with Gasteiger partial charge in [-0.3, -0.25) is 0 Å². The highest BCUT2D eigenvalue weighted by atomic mass is 15.0. The molecule has 0 radical (unpaired) electrons. The van der Waals surface area contributed by atoms with Gasteiger partial charge in [0.05, 0.1) is 0 Å². The first-order valence-electron chi connectivity index (χ1n) is 3.09. The molecule has 2 heterocycles. The van der Waals surface area contributed by atoms with Gasteiger partial charge in [-0.25, -0.2) is 9.97 Å². The van der Waals surface area contributed by atoms with Crippen LogP contribution in [0.2, 0.25) is 0 Å². The summed E-state index contributed by atoms with van der Waals surface area (Å²) >= 11 is 0. The number of hydrogen-bond donors (Lipinski definition) is 0.